The molecule has 3 aromatic carbocycles. The number of primary amides is 1. The molecule has 0 saturated heterocycles. The molecule has 3 atom stereocenters. The number of carbonyl (C=O) groups is 5. The van der Waals surface area contributed by atoms with Crippen LogP contribution in [0.15, 0.2) is 78.9 Å². The van der Waals surface area contributed by atoms with Gasteiger partial charge in [0.05, 0.1) is 19.1 Å². The Bertz CT molecular complexity index is 1550. The molecule has 0 saturated carbocycles. The summed E-state index contributed by atoms with van der Waals surface area (Å²) in [6, 6.07) is 18.6. The molecule has 0 bridgehead atoms. The van der Waals surface area contributed by atoms with Gasteiger partial charge in [-0.05, 0) is 47.4 Å². The highest BCUT2D eigenvalue weighted by molar-refractivity contribution is 5.97. The lowest BCUT2D eigenvalue weighted by atomic mass is 10.0. The third-order valence-electron chi connectivity index (χ3n) is 6.88. The van der Waals surface area contributed by atoms with Crippen LogP contribution in [0.5, 0.6) is 5.75 Å². The number of nitrogens with one attached hydrogen (secondary N) is 4. The monoisotopic (exact) mass is 701 g/mol. The Kier molecular flexibility index (Phi) is 16.4. The minimum atomic E-state index is -5.11. The highest BCUT2D eigenvalue weighted by Crippen LogP contribution is 2.24. The molecule has 0 aromatic heterocycles. The maximum atomic E-state index is 13.1. The SMILES string of the molecule is CCC.NC(=O)CCC(NC(=O)CNC(=O)[C@H](Cc1ccc(O)cc1)NC(=O)CNC(=O)c1ccc(-c2ccccc2)cc1)C(O)C(F)(F)F. The normalized spacial score (nSPS) is 12.6. The summed E-state index contributed by atoms with van der Waals surface area (Å²) in [5.74, 6) is -4.32. The average Bonchev–Trinajstić information content (AvgIpc) is 3.08. The number of aromatic hydroxyl groups is 1. The van der Waals surface area contributed by atoms with E-state index in [9.17, 15) is 47.4 Å². The predicted octanol–water partition coefficient (Wildman–Crippen LogP) is 2.72. The molecule has 270 valence electrons. The van der Waals surface area contributed by atoms with Gasteiger partial charge in [0.25, 0.3) is 5.91 Å². The molecule has 3 aromatic rings. The second kappa shape index (κ2) is 20.2. The summed E-state index contributed by atoms with van der Waals surface area (Å²) < 4.78 is 39.2. The van der Waals surface area contributed by atoms with Crippen molar-refractivity contribution >= 4 is 29.5 Å². The fraction of sp³-hybridized carbons (Fsp3) is 0.343. The molecule has 15 heteroatoms. The van der Waals surface area contributed by atoms with Gasteiger partial charge < -0.3 is 37.2 Å². The maximum absolute atomic E-state index is 13.1. The molecule has 0 aliphatic heterocycles. The Morgan fingerprint density at radius 1 is 0.780 bits per heavy atom. The number of phenolic OH excluding ortho intramolecular Hbond substituents is 1. The van der Waals surface area contributed by atoms with Crippen molar-refractivity contribution in [2.75, 3.05) is 13.1 Å². The number of aliphatic hydroxyl groups is 1. The minimum Gasteiger partial charge on any atom is -0.508 e. The third-order valence-corrected chi connectivity index (χ3v) is 6.88. The molecule has 3 rings (SSSR count). The van der Waals surface area contributed by atoms with Gasteiger partial charge in [0.1, 0.15) is 11.8 Å². The highest BCUT2D eigenvalue weighted by atomic mass is 19.4. The molecular weight excluding hydrogens is 659 g/mol. The van der Waals surface area contributed by atoms with Crippen molar-refractivity contribution in [2.24, 2.45) is 5.73 Å². The summed E-state index contributed by atoms with van der Waals surface area (Å²) in [6.07, 6.45) is -8.15. The van der Waals surface area contributed by atoms with Crippen LogP contribution in [-0.4, -0.2) is 77.2 Å². The summed E-state index contributed by atoms with van der Waals surface area (Å²) in [6.45, 7) is 2.89. The van der Waals surface area contributed by atoms with Crippen molar-refractivity contribution in [3.05, 3.63) is 90.0 Å². The van der Waals surface area contributed by atoms with Crippen molar-refractivity contribution in [2.45, 2.75) is 63.9 Å². The zero-order valence-electron chi connectivity index (χ0n) is 27.6. The zero-order chi connectivity index (χ0) is 37.3. The Morgan fingerprint density at radius 3 is 1.88 bits per heavy atom. The second-order valence-corrected chi connectivity index (χ2v) is 11.2. The van der Waals surface area contributed by atoms with Crippen LogP contribution >= 0.6 is 0 Å². The number of halogens is 3. The number of alkyl halides is 3. The Balaban J connectivity index is 0.00000278. The second-order valence-electron chi connectivity index (χ2n) is 11.2. The zero-order valence-corrected chi connectivity index (χ0v) is 27.6. The lowest BCUT2D eigenvalue weighted by molar-refractivity contribution is -0.212. The summed E-state index contributed by atoms with van der Waals surface area (Å²) in [5.41, 5.74) is 7.59. The number of benzene rings is 3. The highest BCUT2D eigenvalue weighted by Gasteiger charge is 2.44. The summed E-state index contributed by atoms with van der Waals surface area (Å²) in [4.78, 5) is 61.9. The molecule has 0 aliphatic carbocycles. The Labute approximate surface area is 287 Å². The van der Waals surface area contributed by atoms with E-state index in [0.717, 1.165) is 11.1 Å². The molecule has 0 aliphatic rings. The molecule has 0 radical (unpaired) electrons. The van der Waals surface area contributed by atoms with E-state index in [-0.39, 0.29) is 17.7 Å². The van der Waals surface area contributed by atoms with E-state index in [1.807, 2.05) is 35.6 Å². The van der Waals surface area contributed by atoms with Gasteiger partial charge in [-0.1, -0.05) is 74.9 Å². The Hall–Kier alpha value is -5.44. The number of hydrogen-bond acceptors (Lipinski definition) is 7. The van der Waals surface area contributed by atoms with Gasteiger partial charge in [0.15, 0.2) is 6.10 Å². The van der Waals surface area contributed by atoms with Gasteiger partial charge in [-0.25, -0.2) is 0 Å². The standard InChI is InChI=1S/C32H34F3N5O7.C3H8/c33-32(34,35)29(45)24(14-15-26(36)42)39-27(43)18-38-31(47)25(16-19-6-12-23(41)13-7-19)40-28(44)17-37-30(46)22-10-8-21(9-11-22)20-4-2-1-3-5-20;1-3-2/h1-13,24-25,29,41,45H,14-18H2,(H2,36,42)(H,37,46)(H,38,47)(H,39,43)(H,40,44);3H2,1-2H3/t24?,25-,29?;/m0./s1. The molecular formula is C35H42F3N5O7. The van der Waals surface area contributed by atoms with E-state index in [2.05, 4.69) is 29.8 Å². The largest absolute Gasteiger partial charge is 0.508 e. The first-order valence-corrected chi connectivity index (χ1v) is 15.8. The van der Waals surface area contributed by atoms with Gasteiger partial charge in [-0.3, -0.25) is 24.0 Å². The number of amides is 5. The van der Waals surface area contributed by atoms with Crippen molar-refractivity contribution in [1.82, 2.24) is 21.3 Å². The molecule has 8 N–H and O–H groups in total. The number of aliphatic hydroxyl groups excluding tert-OH is 1. The lowest BCUT2D eigenvalue weighted by Crippen LogP contribution is -2.54. The molecule has 0 heterocycles. The number of rotatable bonds is 15. The summed E-state index contributed by atoms with van der Waals surface area (Å²) in [5, 5.41) is 28.2. The van der Waals surface area contributed by atoms with Gasteiger partial charge in [0, 0.05) is 18.4 Å². The average molecular weight is 702 g/mol. The number of nitrogens with two attached hydrogens (primary N) is 1. The molecule has 0 spiro atoms. The van der Waals surface area contributed by atoms with Crippen molar-refractivity contribution in [1.29, 1.82) is 0 Å². The predicted molar refractivity (Wildman–Crippen MR) is 179 cm³/mol. The maximum Gasteiger partial charge on any atom is 0.416 e. The van der Waals surface area contributed by atoms with Crippen LogP contribution < -0.4 is 27.0 Å². The summed E-state index contributed by atoms with van der Waals surface area (Å²) >= 11 is 0. The van der Waals surface area contributed by atoms with Crippen LogP contribution in [0.1, 0.15) is 49.0 Å². The lowest BCUT2D eigenvalue weighted by Gasteiger charge is -2.26. The van der Waals surface area contributed by atoms with Crippen molar-refractivity contribution < 1.29 is 47.4 Å². The van der Waals surface area contributed by atoms with Crippen LogP contribution in [0.2, 0.25) is 0 Å². The smallest absolute Gasteiger partial charge is 0.416 e. The first-order chi connectivity index (χ1) is 23.6. The van der Waals surface area contributed by atoms with Crippen LogP contribution in [0, 0.1) is 0 Å². The van der Waals surface area contributed by atoms with E-state index in [4.69, 9.17) is 5.73 Å². The summed E-state index contributed by atoms with van der Waals surface area (Å²) in [7, 11) is 0. The van der Waals surface area contributed by atoms with E-state index in [0.29, 0.717) is 5.56 Å². The van der Waals surface area contributed by atoms with E-state index >= 15 is 0 Å². The van der Waals surface area contributed by atoms with E-state index in [1.54, 1.807) is 24.3 Å². The fourth-order valence-electron chi connectivity index (χ4n) is 4.41. The van der Waals surface area contributed by atoms with E-state index in [1.165, 1.54) is 30.7 Å². The van der Waals surface area contributed by atoms with Crippen molar-refractivity contribution in [3.63, 3.8) is 0 Å². The minimum absolute atomic E-state index is 0.0538. The molecule has 0 fully saturated rings. The Morgan fingerprint density at radius 2 is 1.32 bits per heavy atom. The topological polar surface area (TPSA) is 200 Å². The molecule has 50 heavy (non-hydrogen) atoms. The first kappa shape index (κ1) is 40.7. The number of phenols is 1. The van der Waals surface area contributed by atoms with Crippen LogP contribution in [0.4, 0.5) is 13.2 Å². The molecule has 2 unspecified atom stereocenters. The fourth-order valence-corrected chi connectivity index (χ4v) is 4.41. The molecule has 5 amide bonds. The van der Waals surface area contributed by atoms with Gasteiger partial charge in [-0.2, -0.15) is 13.2 Å². The third kappa shape index (κ3) is 14.4. The first-order valence-electron chi connectivity index (χ1n) is 15.8. The number of carbonyl (C=O) groups excluding carboxylic acids is 5. The quantitative estimate of drug-likeness (QED) is 0.126. The van der Waals surface area contributed by atoms with E-state index < -0.39 is 79.8 Å². The van der Waals surface area contributed by atoms with Gasteiger partial charge >= 0.3 is 6.18 Å². The number of hydrogen-bond donors (Lipinski definition) is 7. The van der Waals surface area contributed by atoms with Gasteiger partial charge in [-0.15, -0.1) is 0 Å². The molecule has 12 nitrogen and oxygen atoms in total. The van der Waals surface area contributed by atoms with Crippen LogP contribution in [-0.2, 0) is 25.6 Å². The van der Waals surface area contributed by atoms with Gasteiger partial charge in [0.2, 0.25) is 23.6 Å². The van der Waals surface area contributed by atoms with Crippen molar-refractivity contribution in [3.8, 4) is 16.9 Å². The van der Waals surface area contributed by atoms with Crippen LogP contribution in [0.25, 0.3) is 11.1 Å². The van der Waals surface area contributed by atoms with Crippen LogP contribution in [0.3, 0.4) is 0 Å².